The van der Waals surface area contributed by atoms with Gasteiger partial charge in [0.25, 0.3) is 0 Å². The predicted octanol–water partition coefficient (Wildman–Crippen LogP) is 4.90. The number of benzene rings is 3. The lowest BCUT2D eigenvalue weighted by Crippen LogP contribution is -2.61. The van der Waals surface area contributed by atoms with E-state index in [4.69, 9.17) is 4.74 Å². The van der Waals surface area contributed by atoms with Crippen molar-refractivity contribution in [1.82, 2.24) is 4.90 Å². The molecule has 1 aliphatic heterocycles. The highest BCUT2D eigenvalue weighted by Crippen LogP contribution is 2.44. The Labute approximate surface area is 177 Å². The van der Waals surface area contributed by atoms with Crippen LogP contribution in [-0.2, 0) is 10.3 Å². The number of amides is 1. The van der Waals surface area contributed by atoms with Crippen molar-refractivity contribution in [3.63, 3.8) is 0 Å². The highest BCUT2D eigenvalue weighted by Gasteiger charge is 2.46. The van der Waals surface area contributed by atoms with E-state index >= 15 is 0 Å². The van der Waals surface area contributed by atoms with Gasteiger partial charge in [0.05, 0.1) is 13.1 Å². The molecule has 0 atom stereocenters. The second-order valence-electron chi connectivity index (χ2n) is 7.70. The van der Waals surface area contributed by atoms with Crippen molar-refractivity contribution in [2.75, 3.05) is 19.7 Å². The first-order chi connectivity index (χ1) is 14.0. The summed E-state index contributed by atoms with van der Waals surface area (Å²) in [5.41, 5.74) is 4.60. The molecule has 0 aromatic heterocycles. The minimum absolute atomic E-state index is 0.0398. The van der Waals surface area contributed by atoms with Crippen LogP contribution in [0.4, 0.5) is 4.79 Å². The molecule has 3 aromatic rings. The Balaban J connectivity index is 1.26. The molecule has 0 saturated carbocycles. The quantitative estimate of drug-likeness (QED) is 0.618. The molecule has 2 aliphatic rings. The van der Waals surface area contributed by atoms with Gasteiger partial charge in [-0.15, -0.1) is 0 Å². The number of carbonyl (C=O) groups excluding carboxylic acids is 1. The summed E-state index contributed by atoms with van der Waals surface area (Å²) in [6.07, 6.45) is -0.381. The van der Waals surface area contributed by atoms with Crippen molar-refractivity contribution in [3.8, 4) is 11.1 Å². The summed E-state index contributed by atoms with van der Waals surface area (Å²) < 4.78 is 6.62. The Bertz CT molecular complexity index is 1030. The first kappa shape index (κ1) is 18.4. The van der Waals surface area contributed by atoms with Crippen LogP contribution in [0.2, 0.25) is 0 Å². The van der Waals surface area contributed by atoms with Gasteiger partial charge >= 0.3 is 6.09 Å². The van der Waals surface area contributed by atoms with Gasteiger partial charge in [0.15, 0.2) is 0 Å². The molecule has 29 heavy (non-hydrogen) atoms. The Morgan fingerprint density at radius 3 is 2.10 bits per heavy atom. The number of hydrogen-bond acceptors (Lipinski definition) is 3. The lowest BCUT2D eigenvalue weighted by atomic mass is 9.86. The number of nitrogens with zero attached hydrogens (tertiary/aromatic N) is 1. The van der Waals surface area contributed by atoms with Crippen LogP contribution < -0.4 is 0 Å². The lowest BCUT2D eigenvalue weighted by Gasteiger charge is -2.45. The maximum atomic E-state index is 12.6. The van der Waals surface area contributed by atoms with E-state index in [2.05, 4.69) is 40.2 Å². The number of halogens is 1. The fraction of sp³-hybridized carbons (Fsp3) is 0.208. The summed E-state index contributed by atoms with van der Waals surface area (Å²) in [5, 5.41) is 10.8. The maximum absolute atomic E-state index is 12.6. The van der Waals surface area contributed by atoms with Crippen LogP contribution in [0.15, 0.2) is 77.3 Å². The van der Waals surface area contributed by atoms with Crippen LogP contribution in [0, 0.1) is 0 Å². The summed E-state index contributed by atoms with van der Waals surface area (Å²) in [6.45, 7) is 0.774. The van der Waals surface area contributed by atoms with Crippen molar-refractivity contribution in [1.29, 1.82) is 0 Å². The van der Waals surface area contributed by atoms with Crippen LogP contribution in [0.3, 0.4) is 0 Å². The number of ether oxygens (including phenoxy) is 1. The second kappa shape index (κ2) is 7.01. The molecule has 1 heterocycles. The molecule has 5 heteroatoms. The number of β-amino-alcohol motifs (C(OH)–C–C–N with tert-alkyl or cyclic N) is 1. The first-order valence-electron chi connectivity index (χ1n) is 9.63. The summed E-state index contributed by atoms with van der Waals surface area (Å²) in [4.78, 5) is 14.1. The summed E-state index contributed by atoms with van der Waals surface area (Å²) in [6, 6.07) is 24.1. The molecule has 1 fully saturated rings. The van der Waals surface area contributed by atoms with E-state index < -0.39 is 5.60 Å². The SMILES string of the molecule is O=C(OCC1c2ccccc2-c2ccccc21)N1CC(O)(c2ccc(Br)cc2)C1. The van der Waals surface area contributed by atoms with Crippen LogP contribution >= 0.6 is 15.9 Å². The Kier molecular flexibility index (Phi) is 4.45. The molecule has 1 saturated heterocycles. The largest absolute Gasteiger partial charge is 0.448 e. The van der Waals surface area contributed by atoms with Gasteiger partial charge in [0, 0.05) is 10.4 Å². The molecule has 5 rings (SSSR count). The summed E-state index contributed by atoms with van der Waals surface area (Å²) in [7, 11) is 0. The smallest absolute Gasteiger partial charge is 0.410 e. The molecule has 146 valence electrons. The number of carbonyl (C=O) groups is 1. The van der Waals surface area contributed by atoms with Crippen molar-refractivity contribution < 1.29 is 14.6 Å². The highest BCUT2D eigenvalue weighted by atomic mass is 79.9. The average molecular weight is 450 g/mol. The van der Waals surface area contributed by atoms with Gasteiger partial charge in [-0.2, -0.15) is 0 Å². The molecule has 1 N–H and O–H groups in total. The van der Waals surface area contributed by atoms with E-state index in [1.807, 2.05) is 48.5 Å². The van der Waals surface area contributed by atoms with Gasteiger partial charge in [-0.3, -0.25) is 0 Å². The number of likely N-dealkylation sites (tertiary alicyclic amines) is 1. The van der Waals surface area contributed by atoms with Gasteiger partial charge in [0.1, 0.15) is 12.2 Å². The van der Waals surface area contributed by atoms with E-state index in [0.717, 1.165) is 10.0 Å². The van der Waals surface area contributed by atoms with Gasteiger partial charge < -0.3 is 14.7 Å². The highest BCUT2D eigenvalue weighted by molar-refractivity contribution is 9.10. The number of fused-ring (bicyclic) bond motifs is 3. The predicted molar refractivity (Wildman–Crippen MR) is 115 cm³/mol. The van der Waals surface area contributed by atoms with Crippen molar-refractivity contribution >= 4 is 22.0 Å². The standard InChI is InChI=1S/C24H20BrNO3/c25-17-11-9-16(10-12-17)24(28)14-26(15-24)23(27)29-13-22-20-7-3-1-5-18(20)19-6-2-4-8-21(19)22/h1-12,22,28H,13-15H2. The zero-order valence-corrected chi connectivity index (χ0v) is 17.3. The molecule has 0 bridgehead atoms. The molecular weight excluding hydrogens is 430 g/mol. The fourth-order valence-electron chi connectivity index (χ4n) is 4.34. The second-order valence-corrected chi connectivity index (χ2v) is 8.61. The zero-order chi connectivity index (χ0) is 20.0. The fourth-order valence-corrected chi connectivity index (χ4v) is 4.61. The molecule has 0 spiro atoms. The molecule has 4 nitrogen and oxygen atoms in total. The molecular formula is C24H20BrNO3. The average Bonchev–Trinajstić information content (AvgIpc) is 3.04. The van der Waals surface area contributed by atoms with Crippen LogP contribution in [0.25, 0.3) is 11.1 Å². The molecule has 0 unspecified atom stereocenters. The van der Waals surface area contributed by atoms with E-state index in [9.17, 15) is 9.90 Å². The molecule has 1 aliphatic carbocycles. The Morgan fingerprint density at radius 2 is 1.52 bits per heavy atom. The minimum atomic E-state index is -1.01. The third-order valence-electron chi connectivity index (χ3n) is 5.88. The van der Waals surface area contributed by atoms with Gasteiger partial charge in [-0.25, -0.2) is 4.79 Å². The molecule has 1 amide bonds. The van der Waals surface area contributed by atoms with Crippen LogP contribution in [-0.4, -0.2) is 35.8 Å². The number of hydrogen-bond donors (Lipinski definition) is 1. The van der Waals surface area contributed by atoms with Crippen molar-refractivity contribution in [2.24, 2.45) is 0 Å². The normalized spacial score (nSPS) is 16.7. The van der Waals surface area contributed by atoms with E-state index in [-0.39, 0.29) is 25.1 Å². The van der Waals surface area contributed by atoms with Gasteiger partial charge in [0.2, 0.25) is 0 Å². The Morgan fingerprint density at radius 1 is 0.966 bits per heavy atom. The monoisotopic (exact) mass is 449 g/mol. The lowest BCUT2D eigenvalue weighted by molar-refractivity contribution is -0.0942. The van der Waals surface area contributed by atoms with Crippen LogP contribution in [0.1, 0.15) is 22.6 Å². The minimum Gasteiger partial charge on any atom is -0.448 e. The third-order valence-corrected chi connectivity index (χ3v) is 6.41. The third kappa shape index (κ3) is 3.15. The summed E-state index contributed by atoms with van der Waals surface area (Å²) >= 11 is 3.40. The molecule has 3 aromatic carbocycles. The maximum Gasteiger partial charge on any atom is 0.410 e. The van der Waals surface area contributed by atoms with Gasteiger partial charge in [-0.05, 0) is 39.9 Å². The van der Waals surface area contributed by atoms with Crippen molar-refractivity contribution in [2.45, 2.75) is 11.5 Å². The first-order valence-corrected chi connectivity index (χ1v) is 10.4. The van der Waals surface area contributed by atoms with Crippen molar-refractivity contribution in [3.05, 3.63) is 94.0 Å². The topological polar surface area (TPSA) is 49.8 Å². The van der Waals surface area contributed by atoms with E-state index in [0.29, 0.717) is 6.61 Å². The number of rotatable bonds is 3. The van der Waals surface area contributed by atoms with E-state index in [1.54, 1.807) is 4.90 Å². The molecule has 0 radical (unpaired) electrons. The van der Waals surface area contributed by atoms with E-state index in [1.165, 1.54) is 22.3 Å². The summed E-state index contributed by atoms with van der Waals surface area (Å²) in [5.74, 6) is 0.0398. The zero-order valence-electron chi connectivity index (χ0n) is 15.7. The van der Waals surface area contributed by atoms with Crippen LogP contribution in [0.5, 0.6) is 0 Å². The number of aliphatic hydroxyl groups is 1. The van der Waals surface area contributed by atoms with Gasteiger partial charge in [-0.1, -0.05) is 76.6 Å². The Hall–Kier alpha value is -2.63.